The minimum Gasteiger partial charge on any atom is -0.496 e. The van der Waals surface area contributed by atoms with Gasteiger partial charge in [-0.15, -0.1) is 0 Å². The summed E-state index contributed by atoms with van der Waals surface area (Å²) < 4.78 is 6.18. The Morgan fingerprint density at radius 1 is 1.35 bits per heavy atom. The lowest BCUT2D eigenvalue weighted by molar-refractivity contribution is 0.412. The number of aryl methyl sites for hydroxylation is 1. The van der Waals surface area contributed by atoms with Crippen LogP contribution < -0.4 is 15.4 Å². The molecule has 106 valence electrons. The summed E-state index contributed by atoms with van der Waals surface area (Å²) in [4.78, 5) is 6.44. The summed E-state index contributed by atoms with van der Waals surface area (Å²) in [6.45, 7) is 2.75. The molecule has 2 rings (SSSR count). The van der Waals surface area contributed by atoms with Crippen molar-refractivity contribution in [3.63, 3.8) is 0 Å². The molecule has 0 radical (unpaired) electrons. The van der Waals surface area contributed by atoms with Crippen LogP contribution in [0.25, 0.3) is 0 Å². The van der Waals surface area contributed by atoms with Crippen LogP contribution in [0.4, 0.5) is 11.5 Å². The number of hydrogen-bond donors (Lipinski definition) is 1. The van der Waals surface area contributed by atoms with Gasteiger partial charge in [0.15, 0.2) is 0 Å². The predicted octanol–water partition coefficient (Wildman–Crippen LogP) is 3.38. The number of nitrogen functional groups attached to an aromatic ring is 1. The zero-order valence-corrected chi connectivity index (χ0v) is 13.4. The van der Waals surface area contributed by atoms with Gasteiger partial charge in [-0.1, -0.05) is 6.07 Å². The van der Waals surface area contributed by atoms with E-state index in [1.165, 1.54) is 5.56 Å². The third-order valence-corrected chi connectivity index (χ3v) is 3.78. The van der Waals surface area contributed by atoms with Gasteiger partial charge in [0.25, 0.3) is 0 Å². The molecule has 20 heavy (non-hydrogen) atoms. The number of halogens is 1. The molecule has 0 aliphatic carbocycles. The molecule has 4 nitrogen and oxygen atoms in total. The topological polar surface area (TPSA) is 51.4 Å². The molecular weight excluding hydrogens is 318 g/mol. The average Bonchev–Trinajstić information content (AvgIpc) is 2.42. The summed E-state index contributed by atoms with van der Waals surface area (Å²) >= 11 is 3.50. The molecule has 1 heterocycles. The average molecular weight is 336 g/mol. The van der Waals surface area contributed by atoms with Gasteiger partial charge >= 0.3 is 0 Å². The number of anilines is 2. The van der Waals surface area contributed by atoms with Crippen LogP contribution in [0, 0.1) is 6.92 Å². The van der Waals surface area contributed by atoms with Crippen LogP contribution in [0.2, 0.25) is 0 Å². The fourth-order valence-electron chi connectivity index (χ4n) is 1.92. The smallest absolute Gasteiger partial charge is 0.133 e. The summed E-state index contributed by atoms with van der Waals surface area (Å²) in [5.41, 5.74) is 8.73. The lowest BCUT2D eigenvalue weighted by Crippen LogP contribution is -2.18. The number of benzene rings is 1. The summed E-state index contributed by atoms with van der Waals surface area (Å²) in [6.07, 6.45) is 1.70. The van der Waals surface area contributed by atoms with Crippen molar-refractivity contribution in [3.8, 4) is 5.75 Å². The zero-order valence-electron chi connectivity index (χ0n) is 11.9. The summed E-state index contributed by atoms with van der Waals surface area (Å²) in [5.74, 6) is 1.74. The standard InChI is InChI=1S/C15H18BrN3O/c1-10-6-15(18-8-13(10)17)19(2)9-11-4-5-14(20-3)12(16)7-11/h4-8H,9,17H2,1-3H3. The minimum absolute atomic E-state index is 0.717. The van der Waals surface area contributed by atoms with Gasteiger partial charge in [-0.3, -0.25) is 0 Å². The molecule has 0 saturated carbocycles. The third-order valence-electron chi connectivity index (χ3n) is 3.16. The van der Waals surface area contributed by atoms with E-state index in [4.69, 9.17) is 10.5 Å². The molecule has 2 aromatic rings. The second-order valence-corrected chi connectivity index (χ2v) is 5.58. The van der Waals surface area contributed by atoms with E-state index in [1.54, 1.807) is 13.3 Å². The van der Waals surface area contributed by atoms with Gasteiger partial charge < -0.3 is 15.4 Å². The molecule has 2 N–H and O–H groups in total. The van der Waals surface area contributed by atoms with Crippen molar-refractivity contribution in [2.24, 2.45) is 0 Å². The van der Waals surface area contributed by atoms with Crippen LogP contribution >= 0.6 is 15.9 Å². The van der Waals surface area contributed by atoms with Gasteiger partial charge in [-0.25, -0.2) is 4.98 Å². The number of aromatic nitrogens is 1. The Labute approximate surface area is 127 Å². The van der Waals surface area contributed by atoms with E-state index in [2.05, 4.69) is 31.9 Å². The zero-order chi connectivity index (χ0) is 14.7. The van der Waals surface area contributed by atoms with Gasteiger partial charge in [0.2, 0.25) is 0 Å². The normalized spacial score (nSPS) is 10.4. The number of nitrogens with zero attached hydrogens (tertiary/aromatic N) is 2. The molecule has 0 aliphatic rings. The Balaban J connectivity index is 2.16. The van der Waals surface area contributed by atoms with Crippen molar-refractivity contribution in [1.29, 1.82) is 0 Å². The van der Waals surface area contributed by atoms with Crippen molar-refractivity contribution >= 4 is 27.4 Å². The number of hydrogen-bond acceptors (Lipinski definition) is 4. The quantitative estimate of drug-likeness (QED) is 0.930. The van der Waals surface area contributed by atoms with E-state index >= 15 is 0 Å². The Bertz CT molecular complexity index is 616. The van der Waals surface area contributed by atoms with Crippen molar-refractivity contribution in [1.82, 2.24) is 4.98 Å². The minimum atomic E-state index is 0.717. The summed E-state index contributed by atoms with van der Waals surface area (Å²) in [6, 6.07) is 8.05. The van der Waals surface area contributed by atoms with Crippen molar-refractivity contribution in [2.45, 2.75) is 13.5 Å². The van der Waals surface area contributed by atoms with Crippen LogP contribution in [0.3, 0.4) is 0 Å². The fraction of sp³-hybridized carbons (Fsp3) is 0.267. The van der Waals surface area contributed by atoms with Crippen LogP contribution in [-0.4, -0.2) is 19.1 Å². The predicted molar refractivity (Wildman–Crippen MR) is 86.2 cm³/mol. The maximum Gasteiger partial charge on any atom is 0.133 e. The monoisotopic (exact) mass is 335 g/mol. The Morgan fingerprint density at radius 3 is 2.70 bits per heavy atom. The van der Waals surface area contributed by atoms with Crippen LogP contribution in [0.1, 0.15) is 11.1 Å². The number of ether oxygens (including phenoxy) is 1. The largest absolute Gasteiger partial charge is 0.496 e. The molecule has 1 aromatic heterocycles. The second-order valence-electron chi connectivity index (χ2n) is 4.72. The molecular formula is C15H18BrN3O. The molecule has 0 unspecified atom stereocenters. The lowest BCUT2D eigenvalue weighted by atomic mass is 10.2. The Morgan fingerprint density at radius 2 is 2.10 bits per heavy atom. The molecule has 0 amide bonds. The molecule has 0 aliphatic heterocycles. The van der Waals surface area contributed by atoms with Crippen LogP contribution in [0.15, 0.2) is 34.9 Å². The van der Waals surface area contributed by atoms with E-state index < -0.39 is 0 Å². The first-order valence-electron chi connectivity index (χ1n) is 6.27. The van der Waals surface area contributed by atoms with Gasteiger partial charge in [-0.2, -0.15) is 0 Å². The van der Waals surface area contributed by atoms with E-state index in [-0.39, 0.29) is 0 Å². The lowest BCUT2D eigenvalue weighted by Gasteiger charge is -2.19. The molecule has 1 aromatic carbocycles. The highest BCUT2D eigenvalue weighted by Gasteiger charge is 2.07. The van der Waals surface area contributed by atoms with Crippen molar-refractivity contribution in [2.75, 3.05) is 24.8 Å². The van der Waals surface area contributed by atoms with Crippen molar-refractivity contribution in [3.05, 3.63) is 46.1 Å². The van der Waals surface area contributed by atoms with E-state index in [1.807, 2.05) is 32.2 Å². The van der Waals surface area contributed by atoms with E-state index in [0.29, 0.717) is 5.69 Å². The second kappa shape index (κ2) is 6.13. The first-order valence-corrected chi connectivity index (χ1v) is 7.06. The number of rotatable bonds is 4. The number of pyridine rings is 1. The molecule has 0 saturated heterocycles. The summed E-state index contributed by atoms with van der Waals surface area (Å²) in [7, 11) is 3.67. The first kappa shape index (κ1) is 14.7. The van der Waals surface area contributed by atoms with E-state index in [9.17, 15) is 0 Å². The van der Waals surface area contributed by atoms with Gasteiger partial charge in [0.05, 0.1) is 23.5 Å². The van der Waals surface area contributed by atoms with Crippen LogP contribution in [0.5, 0.6) is 5.75 Å². The van der Waals surface area contributed by atoms with Gasteiger partial charge in [-0.05, 0) is 52.2 Å². The fourth-order valence-corrected chi connectivity index (χ4v) is 2.51. The molecule has 5 heteroatoms. The van der Waals surface area contributed by atoms with Crippen LogP contribution in [-0.2, 0) is 6.54 Å². The third kappa shape index (κ3) is 3.22. The summed E-state index contributed by atoms with van der Waals surface area (Å²) in [5, 5.41) is 0. The molecule has 0 fully saturated rings. The van der Waals surface area contributed by atoms with E-state index in [0.717, 1.165) is 28.1 Å². The Kier molecular flexibility index (Phi) is 4.49. The maximum absolute atomic E-state index is 5.79. The van der Waals surface area contributed by atoms with Gasteiger partial charge in [0.1, 0.15) is 11.6 Å². The number of nitrogens with two attached hydrogens (primary N) is 1. The highest BCUT2D eigenvalue weighted by molar-refractivity contribution is 9.10. The molecule has 0 spiro atoms. The maximum atomic E-state index is 5.79. The number of methoxy groups -OCH3 is 1. The van der Waals surface area contributed by atoms with Gasteiger partial charge in [0, 0.05) is 13.6 Å². The SMILES string of the molecule is COc1ccc(CN(C)c2cc(C)c(N)cn2)cc1Br. The highest BCUT2D eigenvalue weighted by atomic mass is 79.9. The molecule has 0 bridgehead atoms. The van der Waals surface area contributed by atoms with Crippen molar-refractivity contribution < 1.29 is 4.74 Å². The highest BCUT2D eigenvalue weighted by Crippen LogP contribution is 2.26. The first-order chi connectivity index (χ1) is 9.51. The Hall–Kier alpha value is -1.75. The molecule has 0 atom stereocenters.